The molecule has 0 saturated carbocycles. The van der Waals surface area contributed by atoms with Gasteiger partial charge in [-0.15, -0.1) is 0 Å². The predicted octanol–water partition coefficient (Wildman–Crippen LogP) is 5.66. The van der Waals surface area contributed by atoms with Gasteiger partial charge in [0.05, 0.1) is 22.5 Å². The van der Waals surface area contributed by atoms with E-state index in [4.69, 9.17) is 10.5 Å². The Morgan fingerprint density at radius 2 is 1.93 bits per heavy atom. The van der Waals surface area contributed by atoms with Crippen LogP contribution in [0.2, 0.25) is 0 Å². The van der Waals surface area contributed by atoms with E-state index in [-0.39, 0.29) is 6.61 Å². The van der Waals surface area contributed by atoms with Gasteiger partial charge in [0.1, 0.15) is 6.61 Å². The Hall–Kier alpha value is -3.42. The lowest BCUT2D eigenvalue weighted by Gasteiger charge is -2.11. The average molecular weight is 403 g/mol. The first-order valence-electron chi connectivity index (χ1n) is 8.90. The topological polar surface area (TPSA) is 69.3 Å². The summed E-state index contributed by atoms with van der Waals surface area (Å²) in [5.74, 6) is 0. The normalized spacial score (nSPS) is 11.4. The van der Waals surface area contributed by atoms with Crippen LogP contribution in [0.1, 0.15) is 12.5 Å². The molecule has 3 aromatic rings. The van der Waals surface area contributed by atoms with Crippen LogP contribution in [0, 0.1) is 0 Å². The quantitative estimate of drug-likeness (QED) is 0.540. The summed E-state index contributed by atoms with van der Waals surface area (Å²) in [5, 5.41) is 3.14. The molecule has 3 N–H and O–H groups in total. The van der Waals surface area contributed by atoms with E-state index in [0.717, 1.165) is 17.7 Å². The van der Waals surface area contributed by atoms with Crippen molar-refractivity contribution in [3.8, 4) is 11.3 Å². The molecule has 0 spiro atoms. The number of carbonyl (C=O) groups is 1. The van der Waals surface area contributed by atoms with Crippen LogP contribution in [0.4, 0.5) is 29.3 Å². The number of amides is 1. The van der Waals surface area contributed by atoms with E-state index in [0.29, 0.717) is 34.5 Å². The van der Waals surface area contributed by atoms with Crippen LogP contribution in [0.3, 0.4) is 0 Å². The molecule has 0 radical (unpaired) electrons. The maximum atomic E-state index is 13.1. The van der Waals surface area contributed by atoms with Crippen LogP contribution in [-0.2, 0) is 17.5 Å². The number of fused-ring (bicyclic) bond motifs is 1. The SMILES string of the molecule is C=CCOC(=O)Nc1ccc(-c2c(N)c3ccc(C(F)(F)F)cc3n2CC)cc1. The number of anilines is 2. The number of aryl methyl sites for hydroxylation is 1. The molecule has 0 aliphatic heterocycles. The first-order valence-corrected chi connectivity index (χ1v) is 8.90. The van der Waals surface area contributed by atoms with Crippen molar-refractivity contribution in [1.29, 1.82) is 0 Å². The third-order valence-electron chi connectivity index (χ3n) is 4.48. The van der Waals surface area contributed by atoms with Gasteiger partial charge in [-0.2, -0.15) is 13.2 Å². The Labute approximate surface area is 165 Å². The van der Waals surface area contributed by atoms with Crippen LogP contribution in [0.25, 0.3) is 22.2 Å². The number of carbonyl (C=O) groups excluding carboxylic acids is 1. The van der Waals surface area contributed by atoms with Crippen LogP contribution < -0.4 is 11.1 Å². The molecule has 0 aliphatic rings. The van der Waals surface area contributed by atoms with E-state index < -0.39 is 17.8 Å². The van der Waals surface area contributed by atoms with Crippen molar-refractivity contribution in [2.75, 3.05) is 17.7 Å². The highest BCUT2D eigenvalue weighted by Crippen LogP contribution is 2.39. The van der Waals surface area contributed by atoms with Gasteiger partial charge >= 0.3 is 12.3 Å². The minimum Gasteiger partial charge on any atom is -0.445 e. The number of alkyl halides is 3. The number of nitrogens with one attached hydrogen (secondary N) is 1. The predicted molar refractivity (Wildman–Crippen MR) is 108 cm³/mol. The average Bonchev–Trinajstić information content (AvgIpc) is 2.97. The lowest BCUT2D eigenvalue weighted by atomic mass is 10.1. The largest absolute Gasteiger partial charge is 0.445 e. The zero-order valence-electron chi connectivity index (χ0n) is 15.7. The second kappa shape index (κ2) is 7.90. The van der Waals surface area contributed by atoms with Gasteiger partial charge in [-0.05, 0) is 31.2 Å². The number of rotatable bonds is 5. The molecule has 1 heterocycles. The van der Waals surface area contributed by atoms with E-state index in [2.05, 4.69) is 11.9 Å². The van der Waals surface area contributed by atoms with Gasteiger partial charge in [0.25, 0.3) is 0 Å². The Balaban J connectivity index is 2.00. The second-order valence-electron chi connectivity index (χ2n) is 6.33. The highest BCUT2D eigenvalue weighted by Gasteiger charge is 2.31. The summed E-state index contributed by atoms with van der Waals surface area (Å²) in [6, 6.07) is 10.4. The Morgan fingerprint density at radius 1 is 1.24 bits per heavy atom. The fourth-order valence-corrected chi connectivity index (χ4v) is 3.19. The molecular formula is C21H20F3N3O2. The summed E-state index contributed by atoms with van der Waals surface area (Å²) in [7, 11) is 0. The highest BCUT2D eigenvalue weighted by atomic mass is 19.4. The molecular weight excluding hydrogens is 383 g/mol. The summed E-state index contributed by atoms with van der Waals surface area (Å²) in [6.07, 6.45) is -3.59. The minimum absolute atomic E-state index is 0.0942. The Morgan fingerprint density at radius 3 is 2.52 bits per heavy atom. The van der Waals surface area contributed by atoms with E-state index in [9.17, 15) is 18.0 Å². The number of nitrogens with two attached hydrogens (primary N) is 1. The van der Waals surface area contributed by atoms with Crippen LogP contribution in [-0.4, -0.2) is 17.3 Å². The maximum absolute atomic E-state index is 13.1. The fourth-order valence-electron chi connectivity index (χ4n) is 3.19. The number of nitrogens with zero attached hydrogens (tertiary/aromatic N) is 1. The first-order chi connectivity index (χ1) is 13.8. The van der Waals surface area contributed by atoms with Crippen molar-refractivity contribution in [1.82, 2.24) is 4.57 Å². The molecule has 29 heavy (non-hydrogen) atoms. The summed E-state index contributed by atoms with van der Waals surface area (Å²) in [5.41, 5.74) is 8.25. The standard InChI is InChI=1S/C21H20F3N3O2/c1-3-11-29-20(28)26-15-8-5-13(6-9-15)19-18(25)16-10-7-14(21(22,23)24)12-17(16)27(19)4-2/h3,5-10,12H,1,4,11,25H2,2H3,(H,26,28). The number of aromatic nitrogens is 1. The summed E-state index contributed by atoms with van der Waals surface area (Å²) in [4.78, 5) is 11.6. The number of benzene rings is 2. The number of hydrogen-bond donors (Lipinski definition) is 2. The highest BCUT2D eigenvalue weighted by molar-refractivity contribution is 6.01. The zero-order valence-corrected chi connectivity index (χ0v) is 15.7. The number of ether oxygens (including phenoxy) is 1. The number of nitrogen functional groups attached to an aromatic ring is 1. The summed E-state index contributed by atoms with van der Waals surface area (Å²) < 4.78 is 46.0. The van der Waals surface area contributed by atoms with Crippen molar-refractivity contribution in [2.24, 2.45) is 0 Å². The molecule has 5 nitrogen and oxygen atoms in total. The van der Waals surface area contributed by atoms with Crippen molar-refractivity contribution in [3.05, 3.63) is 60.7 Å². The molecule has 3 rings (SSSR count). The van der Waals surface area contributed by atoms with Crippen LogP contribution in [0.5, 0.6) is 0 Å². The first kappa shape index (κ1) is 20.3. The van der Waals surface area contributed by atoms with E-state index in [1.54, 1.807) is 28.8 Å². The summed E-state index contributed by atoms with van der Waals surface area (Å²) >= 11 is 0. The molecule has 0 unspecified atom stereocenters. The third kappa shape index (κ3) is 4.06. The van der Waals surface area contributed by atoms with Crippen LogP contribution in [0.15, 0.2) is 55.1 Å². The maximum Gasteiger partial charge on any atom is 0.416 e. The van der Waals surface area contributed by atoms with E-state index in [1.807, 2.05) is 6.92 Å². The molecule has 2 aromatic carbocycles. The van der Waals surface area contributed by atoms with Crippen LogP contribution >= 0.6 is 0 Å². The van der Waals surface area contributed by atoms with Gasteiger partial charge < -0.3 is 15.0 Å². The minimum atomic E-state index is -4.43. The van der Waals surface area contributed by atoms with Crippen molar-refractivity contribution >= 4 is 28.4 Å². The van der Waals surface area contributed by atoms with E-state index >= 15 is 0 Å². The summed E-state index contributed by atoms with van der Waals surface area (Å²) in [6.45, 7) is 5.84. The van der Waals surface area contributed by atoms with Gasteiger partial charge in [-0.1, -0.05) is 30.9 Å². The van der Waals surface area contributed by atoms with Crippen molar-refractivity contribution in [2.45, 2.75) is 19.6 Å². The Kier molecular flexibility index (Phi) is 5.54. The third-order valence-corrected chi connectivity index (χ3v) is 4.48. The lowest BCUT2D eigenvalue weighted by Crippen LogP contribution is -2.13. The van der Waals surface area contributed by atoms with Gasteiger partial charge in [0, 0.05) is 23.2 Å². The molecule has 152 valence electrons. The van der Waals surface area contributed by atoms with Gasteiger partial charge in [-0.25, -0.2) is 4.79 Å². The van der Waals surface area contributed by atoms with Gasteiger partial charge in [0.15, 0.2) is 0 Å². The molecule has 1 amide bonds. The zero-order chi connectivity index (χ0) is 21.2. The fraction of sp³-hybridized carbons (Fsp3) is 0.190. The molecule has 0 fully saturated rings. The molecule has 1 aromatic heterocycles. The molecule has 0 atom stereocenters. The van der Waals surface area contributed by atoms with Crippen molar-refractivity contribution in [3.63, 3.8) is 0 Å². The van der Waals surface area contributed by atoms with E-state index in [1.165, 1.54) is 12.1 Å². The second-order valence-corrected chi connectivity index (χ2v) is 6.33. The number of hydrogen-bond acceptors (Lipinski definition) is 3. The van der Waals surface area contributed by atoms with Crippen molar-refractivity contribution < 1.29 is 22.7 Å². The molecule has 0 bridgehead atoms. The molecule has 0 saturated heterocycles. The molecule has 0 aliphatic carbocycles. The number of halogens is 3. The van der Waals surface area contributed by atoms with Gasteiger partial charge in [0.2, 0.25) is 0 Å². The lowest BCUT2D eigenvalue weighted by molar-refractivity contribution is -0.137. The molecule has 8 heteroatoms. The monoisotopic (exact) mass is 403 g/mol. The smallest absolute Gasteiger partial charge is 0.416 e. The Bertz CT molecular complexity index is 1050. The van der Waals surface area contributed by atoms with Gasteiger partial charge in [-0.3, -0.25) is 5.32 Å².